The molecule has 0 amide bonds. The van der Waals surface area contributed by atoms with Crippen molar-refractivity contribution in [3.63, 3.8) is 0 Å². The van der Waals surface area contributed by atoms with Gasteiger partial charge in [0.15, 0.2) is 0 Å². The van der Waals surface area contributed by atoms with Gasteiger partial charge in [-0.3, -0.25) is 0 Å². The first-order valence-electron chi connectivity index (χ1n) is 6.61. The van der Waals surface area contributed by atoms with Crippen LogP contribution in [0.25, 0.3) is 22.6 Å². The SMILES string of the molecule is Cn1cc(/C=C(/C#N)c2ccccc2F)c2ccccc21. The Balaban J connectivity index is 2.19. The fraction of sp³-hybridized carbons (Fsp3) is 0.0556. The number of aryl methyl sites for hydroxylation is 1. The zero-order valence-corrected chi connectivity index (χ0v) is 11.5. The predicted molar refractivity (Wildman–Crippen MR) is 82.8 cm³/mol. The smallest absolute Gasteiger partial charge is 0.131 e. The molecule has 0 aliphatic heterocycles. The molecule has 2 aromatic carbocycles. The molecule has 0 saturated carbocycles. The number of aromatic nitrogens is 1. The van der Waals surface area contributed by atoms with Crippen LogP contribution in [0.1, 0.15) is 11.1 Å². The molecule has 3 rings (SSSR count). The lowest BCUT2D eigenvalue weighted by Crippen LogP contribution is -1.87. The van der Waals surface area contributed by atoms with E-state index in [1.54, 1.807) is 24.3 Å². The number of halogens is 1. The molecule has 0 saturated heterocycles. The summed E-state index contributed by atoms with van der Waals surface area (Å²) in [7, 11) is 1.95. The Bertz CT molecular complexity index is 882. The molecule has 102 valence electrons. The molecule has 0 radical (unpaired) electrons. The standard InChI is InChI=1S/C18H13FN2/c1-21-12-14(16-7-3-5-9-18(16)21)10-13(11-20)15-6-2-4-8-17(15)19/h2-10,12H,1H3/b13-10-. The van der Waals surface area contributed by atoms with E-state index in [4.69, 9.17) is 0 Å². The highest BCUT2D eigenvalue weighted by atomic mass is 19.1. The van der Waals surface area contributed by atoms with Gasteiger partial charge < -0.3 is 4.57 Å². The second-order valence-corrected chi connectivity index (χ2v) is 4.86. The maximum absolute atomic E-state index is 13.9. The van der Waals surface area contributed by atoms with Crippen molar-refractivity contribution in [2.75, 3.05) is 0 Å². The third-order valence-corrected chi connectivity index (χ3v) is 3.51. The zero-order valence-electron chi connectivity index (χ0n) is 11.5. The van der Waals surface area contributed by atoms with Crippen molar-refractivity contribution >= 4 is 22.6 Å². The number of para-hydroxylation sites is 1. The Morgan fingerprint density at radius 2 is 1.86 bits per heavy atom. The first kappa shape index (κ1) is 13.1. The first-order chi connectivity index (χ1) is 10.2. The topological polar surface area (TPSA) is 28.7 Å². The summed E-state index contributed by atoms with van der Waals surface area (Å²) in [6, 6.07) is 16.4. The summed E-state index contributed by atoms with van der Waals surface area (Å²) in [6.45, 7) is 0. The number of nitriles is 1. The van der Waals surface area contributed by atoms with Crippen LogP contribution in [0, 0.1) is 17.1 Å². The van der Waals surface area contributed by atoms with Crippen LogP contribution in [0.2, 0.25) is 0 Å². The van der Waals surface area contributed by atoms with Gasteiger partial charge in [-0.2, -0.15) is 5.26 Å². The highest BCUT2D eigenvalue weighted by Gasteiger charge is 2.09. The molecule has 0 atom stereocenters. The Morgan fingerprint density at radius 3 is 2.62 bits per heavy atom. The molecule has 3 heteroatoms. The monoisotopic (exact) mass is 276 g/mol. The summed E-state index contributed by atoms with van der Waals surface area (Å²) < 4.78 is 15.8. The first-order valence-corrected chi connectivity index (χ1v) is 6.61. The van der Waals surface area contributed by atoms with Gasteiger partial charge in [0.05, 0.1) is 11.6 Å². The molecule has 0 aliphatic rings. The minimum atomic E-state index is -0.384. The largest absolute Gasteiger partial charge is 0.350 e. The van der Waals surface area contributed by atoms with Gasteiger partial charge in [0.1, 0.15) is 5.82 Å². The minimum Gasteiger partial charge on any atom is -0.350 e. The van der Waals surface area contributed by atoms with E-state index in [0.29, 0.717) is 11.1 Å². The summed E-state index contributed by atoms with van der Waals surface area (Å²) in [5.41, 5.74) is 2.64. The molecular weight excluding hydrogens is 263 g/mol. The number of allylic oxidation sites excluding steroid dienone is 1. The highest BCUT2D eigenvalue weighted by molar-refractivity contribution is 5.98. The van der Waals surface area contributed by atoms with Crippen molar-refractivity contribution in [3.8, 4) is 6.07 Å². The molecule has 0 spiro atoms. The summed E-state index contributed by atoms with van der Waals surface area (Å²) >= 11 is 0. The molecule has 0 bridgehead atoms. The lowest BCUT2D eigenvalue weighted by atomic mass is 10.0. The van der Waals surface area contributed by atoms with Gasteiger partial charge in [-0.25, -0.2) is 4.39 Å². The third-order valence-electron chi connectivity index (χ3n) is 3.51. The Labute approximate surface area is 122 Å². The number of rotatable bonds is 2. The van der Waals surface area contributed by atoms with Gasteiger partial charge in [0.2, 0.25) is 0 Å². The van der Waals surface area contributed by atoms with Gasteiger partial charge in [0, 0.05) is 35.3 Å². The molecular formula is C18H13FN2. The summed E-state index contributed by atoms with van der Waals surface area (Å²) in [6.07, 6.45) is 3.68. The van der Waals surface area contributed by atoms with Crippen molar-refractivity contribution in [1.29, 1.82) is 5.26 Å². The van der Waals surface area contributed by atoms with E-state index in [1.165, 1.54) is 6.07 Å². The molecule has 0 unspecified atom stereocenters. The van der Waals surface area contributed by atoms with Crippen molar-refractivity contribution in [2.24, 2.45) is 7.05 Å². The minimum absolute atomic E-state index is 0.324. The normalized spacial score (nSPS) is 11.6. The fourth-order valence-electron chi connectivity index (χ4n) is 2.49. The quantitative estimate of drug-likeness (QED) is 0.638. The summed E-state index contributed by atoms with van der Waals surface area (Å²) in [4.78, 5) is 0. The second kappa shape index (κ2) is 5.26. The van der Waals surface area contributed by atoms with Crippen LogP contribution in [0.15, 0.2) is 54.7 Å². The van der Waals surface area contributed by atoms with Crippen LogP contribution in [0.4, 0.5) is 4.39 Å². The number of nitrogens with zero attached hydrogens (tertiary/aromatic N) is 2. The summed E-state index contributed by atoms with van der Waals surface area (Å²) in [5, 5.41) is 10.4. The van der Waals surface area contributed by atoms with Crippen LogP contribution >= 0.6 is 0 Å². The molecule has 3 aromatic rings. The van der Waals surface area contributed by atoms with E-state index in [9.17, 15) is 9.65 Å². The van der Waals surface area contributed by atoms with E-state index in [0.717, 1.165) is 16.5 Å². The Kier molecular flexibility index (Phi) is 3.29. The van der Waals surface area contributed by atoms with Crippen molar-refractivity contribution in [2.45, 2.75) is 0 Å². The molecule has 2 nitrogen and oxygen atoms in total. The Morgan fingerprint density at radius 1 is 1.14 bits per heavy atom. The van der Waals surface area contributed by atoms with Gasteiger partial charge >= 0.3 is 0 Å². The van der Waals surface area contributed by atoms with E-state index in [1.807, 2.05) is 42.1 Å². The van der Waals surface area contributed by atoms with E-state index >= 15 is 0 Å². The molecule has 0 fully saturated rings. The van der Waals surface area contributed by atoms with Crippen LogP contribution in [-0.2, 0) is 7.05 Å². The lowest BCUT2D eigenvalue weighted by molar-refractivity contribution is 0.624. The third kappa shape index (κ3) is 2.32. The lowest BCUT2D eigenvalue weighted by Gasteiger charge is -2.00. The molecule has 0 aliphatic carbocycles. The maximum atomic E-state index is 13.9. The summed E-state index contributed by atoms with van der Waals surface area (Å²) in [5.74, 6) is -0.384. The number of hydrogen-bond donors (Lipinski definition) is 0. The number of benzene rings is 2. The number of fused-ring (bicyclic) bond motifs is 1. The maximum Gasteiger partial charge on any atom is 0.131 e. The van der Waals surface area contributed by atoms with Gasteiger partial charge in [-0.05, 0) is 18.2 Å². The molecule has 1 aromatic heterocycles. The van der Waals surface area contributed by atoms with Crippen molar-refractivity contribution in [3.05, 3.63) is 71.7 Å². The molecule has 0 N–H and O–H groups in total. The van der Waals surface area contributed by atoms with Crippen molar-refractivity contribution in [1.82, 2.24) is 4.57 Å². The van der Waals surface area contributed by atoms with E-state index in [2.05, 4.69) is 6.07 Å². The van der Waals surface area contributed by atoms with E-state index in [-0.39, 0.29) is 5.82 Å². The molecule has 1 heterocycles. The highest BCUT2D eigenvalue weighted by Crippen LogP contribution is 2.26. The van der Waals surface area contributed by atoms with Crippen molar-refractivity contribution < 1.29 is 4.39 Å². The average molecular weight is 276 g/mol. The van der Waals surface area contributed by atoms with Gasteiger partial charge in [-0.1, -0.05) is 36.4 Å². The van der Waals surface area contributed by atoms with Crippen LogP contribution in [0.3, 0.4) is 0 Å². The predicted octanol–water partition coefficient (Wildman–Crippen LogP) is 4.38. The fourth-order valence-corrected chi connectivity index (χ4v) is 2.49. The van der Waals surface area contributed by atoms with E-state index < -0.39 is 0 Å². The van der Waals surface area contributed by atoms with Crippen LogP contribution < -0.4 is 0 Å². The zero-order chi connectivity index (χ0) is 14.8. The Hall–Kier alpha value is -2.86. The van der Waals surface area contributed by atoms with Crippen LogP contribution in [0.5, 0.6) is 0 Å². The van der Waals surface area contributed by atoms with Gasteiger partial charge in [-0.15, -0.1) is 0 Å². The van der Waals surface area contributed by atoms with Gasteiger partial charge in [0.25, 0.3) is 0 Å². The van der Waals surface area contributed by atoms with Crippen LogP contribution in [-0.4, -0.2) is 4.57 Å². The number of hydrogen-bond acceptors (Lipinski definition) is 1. The molecule has 21 heavy (non-hydrogen) atoms. The average Bonchev–Trinajstić information content (AvgIpc) is 2.82. The second-order valence-electron chi connectivity index (χ2n) is 4.86.